The van der Waals surface area contributed by atoms with E-state index in [0.717, 1.165) is 33.4 Å². The van der Waals surface area contributed by atoms with Gasteiger partial charge in [-0.25, -0.2) is 0 Å². The summed E-state index contributed by atoms with van der Waals surface area (Å²) in [6.07, 6.45) is 0. The summed E-state index contributed by atoms with van der Waals surface area (Å²) >= 11 is 0. The van der Waals surface area contributed by atoms with Crippen LogP contribution in [-0.2, 0) is 0 Å². The molecule has 14 rings (SSSR count). The molecule has 3 nitrogen and oxygen atoms in total. The molecule has 6 heteroatoms. The van der Waals surface area contributed by atoms with E-state index in [1.807, 2.05) is 6.07 Å². The molecular formula is C63H45B2NO2Si. The Morgan fingerprint density at radius 1 is 0.391 bits per heavy atom. The molecule has 10 aromatic carbocycles. The van der Waals surface area contributed by atoms with Crippen molar-refractivity contribution in [1.29, 1.82) is 0 Å². The van der Waals surface area contributed by atoms with Crippen molar-refractivity contribution in [3.63, 3.8) is 0 Å². The van der Waals surface area contributed by atoms with E-state index >= 15 is 0 Å². The van der Waals surface area contributed by atoms with E-state index in [-0.39, 0.29) is 13.4 Å². The molecule has 69 heavy (non-hydrogen) atoms. The zero-order valence-corrected chi connectivity index (χ0v) is 39.7. The molecule has 1 aromatic heterocycles. The number of benzene rings is 10. The first-order chi connectivity index (χ1) is 34.0. The highest BCUT2D eigenvalue weighted by atomic mass is 28.3. The van der Waals surface area contributed by atoms with Gasteiger partial charge in [-0.1, -0.05) is 198 Å². The summed E-state index contributed by atoms with van der Waals surface area (Å²) in [7, 11) is -2.93. The Morgan fingerprint density at radius 3 is 1.68 bits per heavy atom. The number of hydrogen-bond acceptors (Lipinski definition) is 3. The van der Waals surface area contributed by atoms with Gasteiger partial charge in [0.25, 0.3) is 6.71 Å². The van der Waals surface area contributed by atoms with Crippen molar-refractivity contribution >= 4 is 114 Å². The van der Waals surface area contributed by atoms with E-state index in [1.165, 1.54) is 98.4 Å². The number of fused-ring (bicyclic) bond motifs is 9. The lowest BCUT2D eigenvalue weighted by Crippen LogP contribution is -2.75. The summed E-state index contributed by atoms with van der Waals surface area (Å²) < 4.78 is 13.3. The van der Waals surface area contributed by atoms with E-state index in [0.29, 0.717) is 0 Å². The van der Waals surface area contributed by atoms with Crippen LogP contribution in [-0.4, -0.2) is 21.5 Å². The molecule has 0 N–H and O–H groups in total. The number of para-hydroxylation sites is 2. The monoisotopic (exact) mass is 897 g/mol. The topological polar surface area (TPSA) is 25.6 Å². The molecule has 0 saturated heterocycles. The van der Waals surface area contributed by atoms with Gasteiger partial charge < -0.3 is 14.1 Å². The molecule has 0 atom stereocenters. The standard InChI is InChI=1S/C63H45B2NO2Si/c1-40-34-41(2)61(42(3)35-40)65-52-39-48(69(45-18-7-4-8-19-45,46-20-9-5-10-21-46)47-22-11-6-12-23-47)31-32-55(52)66-56-26-17-29-60-62(56)64(51-25-14-16-28-59(51)68-60)53-37-44(38-54(65)63(53)66)43-30-33-58-50(36-43)49-24-13-15-27-57(49)67-58/h4-39H,1-3H3. The van der Waals surface area contributed by atoms with Crippen LogP contribution < -0.4 is 63.2 Å². The fourth-order valence-corrected chi connectivity index (χ4v) is 17.5. The predicted octanol–water partition coefficient (Wildman–Crippen LogP) is 8.79. The summed E-state index contributed by atoms with van der Waals surface area (Å²) in [5, 5.41) is 7.69. The Morgan fingerprint density at radius 2 is 0.986 bits per heavy atom. The van der Waals surface area contributed by atoms with Crippen molar-refractivity contribution in [2.24, 2.45) is 0 Å². The van der Waals surface area contributed by atoms with Gasteiger partial charge in [-0.3, -0.25) is 0 Å². The van der Waals surface area contributed by atoms with Crippen LogP contribution in [0.15, 0.2) is 223 Å². The highest BCUT2D eigenvalue weighted by Gasteiger charge is 2.49. The Labute approximate surface area is 404 Å². The lowest BCUT2D eigenvalue weighted by atomic mass is 9.29. The van der Waals surface area contributed by atoms with E-state index in [4.69, 9.17) is 9.15 Å². The quantitative estimate of drug-likeness (QED) is 0.123. The van der Waals surface area contributed by atoms with Gasteiger partial charge >= 0.3 is 0 Å². The zero-order valence-electron chi connectivity index (χ0n) is 38.7. The summed E-state index contributed by atoms with van der Waals surface area (Å²) in [6.45, 7) is 6.76. The summed E-state index contributed by atoms with van der Waals surface area (Å²) in [4.78, 5) is 2.60. The molecule has 0 fully saturated rings. The van der Waals surface area contributed by atoms with Crippen molar-refractivity contribution in [3.8, 4) is 22.6 Å². The average molecular weight is 898 g/mol. The van der Waals surface area contributed by atoms with Crippen LogP contribution in [0.4, 0.5) is 17.1 Å². The second kappa shape index (κ2) is 15.2. The fraction of sp³-hybridized carbons (Fsp3) is 0.0476. The number of hydrogen-bond donors (Lipinski definition) is 0. The van der Waals surface area contributed by atoms with Crippen molar-refractivity contribution in [2.45, 2.75) is 20.8 Å². The molecule has 0 bridgehead atoms. The van der Waals surface area contributed by atoms with Gasteiger partial charge in [-0.2, -0.15) is 0 Å². The summed E-state index contributed by atoms with van der Waals surface area (Å²) in [5.74, 6) is 1.83. The van der Waals surface area contributed by atoms with E-state index in [2.05, 4.69) is 238 Å². The fourth-order valence-electron chi connectivity index (χ4n) is 12.7. The largest absolute Gasteiger partial charge is 0.458 e. The summed E-state index contributed by atoms with van der Waals surface area (Å²) in [5.41, 5.74) is 19.4. The molecule has 4 heterocycles. The molecule has 11 aromatic rings. The number of ether oxygens (including phenoxy) is 1. The van der Waals surface area contributed by atoms with Crippen LogP contribution in [0, 0.1) is 20.8 Å². The van der Waals surface area contributed by atoms with Crippen molar-refractivity contribution in [1.82, 2.24) is 0 Å². The first-order valence-corrected chi connectivity index (χ1v) is 26.1. The van der Waals surface area contributed by atoms with Gasteiger partial charge in [0.1, 0.15) is 22.7 Å². The smallest absolute Gasteiger partial charge is 0.256 e. The maximum absolute atomic E-state index is 6.88. The van der Waals surface area contributed by atoms with Crippen LogP contribution in [0.2, 0.25) is 0 Å². The number of nitrogens with zero attached hydrogens (tertiary/aromatic N) is 1. The molecule has 3 aliphatic rings. The molecule has 0 spiro atoms. The van der Waals surface area contributed by atoms with E-state index < -0.39 is 8.07 Å². The lowest BCUT2D eigenvalue weighted by Gasteiger charge is -2.46. The van der Waals surface area contributed by atoms with Crippen LogP contribution >= 0.6 is 0 Å². The van der Waals surface area contributed by atoms with Crippen molar-refractivity contribution in [2.75, 3.05) is 4.90 Å². The van der Waals surface area contributed by atoms with Gasteiger partial charge in [0.15, 0.2) is 8.07 Å². The Bertz CT molecular complexity index is 3770. The van der Waals surface area contributed by atoms with Gasteiger partial charge in [-0.15, -0.1) is 0 Å². The van der Waals surface area contributed by atoms with Crippen LogP contribution in [0.25, 0.3) is 33.1 Å². The minimum atomic E-state index is -2.93. The third-order valence-corrected chi connectivity index (χ3v) is 20.2. The number of rotatable bonds is 6. The second-order valence-electron chi connectivity index (χ2n) is 19.3. The van der Waals surface area contributed by atoms with Crippen molar-refractivity contribution in [3.05, 3.63) is 235 Å². The van der Waals surface area contributed by atoms with E-state index in [9.17, 15) is 0 Å². The first-order valence-electron chi connectivity index (χ1n) is 24.1. The summed E-state index contributed by atoms with van der Waals surface area (Å²) in [6, 6.07) is 81.8. The minimum Gasteiger partial charge on any atom is -0.458 e. The predicted molar refractivity (Wildman–Crippen MR) is 294 cm³/mol. The maximum Gasteiger partial charge on any atom is 0.256 e. The molecule has 0 radical (unpaired) electrons. The lowest BCUT2D eigenvalue weighted by molar-refractivity contribution is 0.487. The van der Waals surface area contributed by atoms with Gasteiger partial charge in [0.05, 0.1) is 0 Å². The Balaban J connectivity index is 1.12. The van der Waals surface area contributed by atoms with Crippen LogP contribution in [0.5, 0.6) is 11.5 Å². The third kappa shape index (κ3) is 5.82. The SMILES string of the molecule is Cc1cc(C)c(B2c3cc([Si](c4ccccc4)(c4ccccc4)c4ccccc4)ccc3N3c4cccc5c4B(c4ccccc4O5)c4cc(-c5ccc6oc7ccccc7c6c5)cc2c43)c(C)c1. The van der Waals surface area contributed by atoms with Crippen LogP contribution in [0.3, 0.4) is 0 Å². The molecule has 0 aliphatic carbocycles. The van der Waals surface area contributed by atoms with Crippen LogP contribution in [0.1, 0.15) is 16.7 Å². The third-order valence-electron chi connectivity index (χ3n) is 15.4. The zero-order chi connectivity index (χ0) is 46.0. The highest BCUT2D eigenvalue weighted by Crippen LogP contribution is 2.43. The van der Waals surface area contributed by atoms with Gasteiger partial charge in [-0.05, 0) is 122 Å². The minimum absolute atomic E-state index is 0.0411. The van der Waals surface area contributed by atoms with Crippen molar-refractivity contribution < 1.29 is 9.15 Å². The molecule has 0 amide bonds. The molecule has 0 saturated carbocycles. The highest BCUT2D eigenvalue weighted by molar-refractivity contribution is 7.20. The van der Waals surface area contributed by atoms with Gasteiger partial charge in [0, 0.05) is 27.8 Å². The van der Waals surface area contributed by atoms with Gasteiger partial charge in [0.2, 0.25) is 6.71 Å². The molecule has 324 valence electrons. The maximum atomic E-state index is 6.88. The van der Waals surface area contributed by atoms with E-state index in [1.54, 1.807) is 0 Å². The average Bonchev–Trinajstić information content (AvgIpc) is 3.76. The second-order valence-corrected chi connectivity index (χ2v) is 23.1. The normalized spacial score (nSPS) is 13.2. The first kappa shape index (κ1) is 40.1. The number of aryl methyl sites for hydroxylation is 3. The Hall–Kier alpha value is -8.05. The number of anilines is 3. The number of furan rings is 1. The molecular weight excluding hydrogens is 852 g/mol. The molecule has 0 unspecified atom stereocenters. The Kier molecular flexibility index (Phi) is 8.84. The molecule has 3 aliphatic heterocycles.